The molecule has 0 saturated heterocycles. The van der Waals surface area contributed by atoms with Crippen molar-refractivity contribution in [2.45, 2.75) is 13.8 Å². The first-order chi connectivity index (χ1) is 7.31. The summed E-state index contributed by atoms with van der Waals surface area (Å²) in [6.07, 6.45) is 3.38. The summed E-state index contributed by atoms with van der Waals surface area (Å²) >= 11 is 0. The molecule has 15 heavy (non-hydrogen) atoms. The monoisotopic (exact) mass is 207 g/mol. The van der Waals surface area contributed by atoms with Crippen molar-refractivity contribution in [3.63, 3.8) is 0 Å². The molecule has 0 atom stereocenters. The zero-order chi connectivity index (χ0) is 11.1. The molecule has 0 radical (unpaired) electrons. The summed E-state index contributed by atoms with van der Waals surface area (Å²) in [7, 11) is 0. The van der Waals surface area contributed by atoms with Crippen molar-refractivity contribution in [3.8, 4) is 0 Å². The lowest BCUT2D eigenvalue weighted by Gasteiger charge is -2.17. The van der Waals surface area contributed by atoms with Crippen molar-refractivity contribution < 1.29 is 0 Å². The molecule has 1 aromatic heterocycles. The van der Waals surface area contributed by atoms with E-state index < -0.39 is 0 Å². The molecule has 0 fully saturated rings. The van der Waals surface area contributed by atoms with Crippen LogP contribution in [0, 0.1) is 0 Å². The lowest BCUT2D eigenvalue weighted by atomic mass is 10.5. The second kappa shape index (κ2) is 5.95. The van der Waals surface area contributed by atoms with Crippen LogP contribution in [0.15, 0.2) is 18.9 Å². The lowest BCUT2D eigenvalue weighted by molar-refractivity contribution is 0.795. The molecule has 1 N–H and O–H groups in total. The number of hydrogen-bond donors (Lipinski definition) is 1. The first-order valence-corrected chi connectivity index (χ1v) is 5.11. The van der Waals surface area contributed by atoms with E-state index in [1.165, 1.54) is 0 Å². The third-order valence-electron chi connectivity index (χ3n) is 2.02. The Kier molecular flexibility index (Phi) is 4.53. The molecule has 0 spiro atoms. The van der Waals surface area contributed by atoms with Gasteiger partial charge in [-0.3, -0.25) is 0 Å². The molecule has 0 bridgehead atoms. The van der Waals surface area contributed by atoms with Crippen LogP contribution in [0.5, 0.6) is 0 Å². The average Bonchev–Trinajstić information content (AvgIpc) is 2.29. The highest BCUT2D eigenvalue weighted by molar-refractivity contribution is 5.38. The van der Waals surface area contributed by atoms with Crippen molar-refractivity contribution in [1.29, 1.82) is 0 Å². The molecule has 0 unspecified atom stereocenters. The van der Waals surface area contributed by atoms with Crippen LogP contribution in [0.1, 0.15) is 13.8 Å². The van der Waals surface area contributed by atoms with Crippen molar-refractivity contribution >= 4 is 11.8 Å². The molecular weight excluding hydrogens is 190 g/mol. The van der Waals surface area contributed by atoms with E-state index in [1.54, 1.807) is 12.3 Å². The van der Waals surface area contributed by atoms with Gasteiger partial charge in [-0.05, 0) is 13.8 Å². The summed E-state index contributed by atoms with van der Waals surface area (Å²) < 4.78 is 0. The van der Waals surface area contributed by atoms with E-state index >= 15 is 0 Å². The highest BCUT2D eigenvalue weighted by Crippen LogP contribution is 2.08. The summed E-state index contributed by atoms with van der Waals surface area (Å²) in [5.41, 5.74) is 0. The van der Waals surface area contributed by atoms with E-state index in [-0.39, 0.29) is 0 Å². The van der Waals surface area contributed by atoms with Crippen LogP contribution < -0.4 is 10.2 Å². The Hall–Kier alpha value is -1.65. The van der Waals surface area contributed by atoms with Gasteiger partial charge in [0.05, 0.1) is 6.20 Å². The Balaban J connectivity index is 2.76. The van der Waals surface area contributed by atoms with Crippen LogP contribution in [0.4, 0.5) is 11.8 Å². The fourth-order valence-corrected chi connectivity index (χ4v) is 1.20. The summed E-state index contributed by atoms with van der Waals surface area (Å²) in [6, 6.07) is 0. The van der Waals surface area contributed by atoms with Crippen molar-refractivity contribution in [3.05, 3.63) is 18.9 Å². The van der Waals surface area contributed by atoms with E-state index in [4.69, 9.17) is 0 Å². The topological polar surface area (TPSA) is 53.9 Å². The Labute approximate surface area is 90.2 Å². The fourth-order valence-electron chi connectivity index (χ4n) is 1.20. The Morgan fingerprint density at radius 2 is 2.20 bits per heavy atom. The third kappa shape index (κ3) is 3.19. The van der Waals surface area contributed by atoms with E-state index in [9.17, 15) is 0 Å². The van der Waals surface area contributed by atoms with Crippen LogP contribution in [0.3, 0.4) is 0 Å². The van der Waals surface area contributed by atoms with Crippen LogP contribution in [0.25, 0.3) is 0 Å². The molecule has 82 valence electrons. The van der Waals surface area contributed by atoms with Gasteiger partial charge in [-0.15, -0.1) is 11.7 Å². The maximum atomic E-state index is 4.35. The summed E-state index contributed by atoms with van der Waals surface area (Å²) in [5.74, 6) is 1.39. The molecule has 1 rings (SSSR count). The SMILES string of the molecule is C=CCNc1cnnc(N(CC)CC)n1. The zero-order valence-electron chi connectivity index (χ0n) is 9.27. The quantitative estimate of drug-likeness (QED) is 0.713. The van der Waals surface area contributed by atoms with Gasteiger partial charge in [0.25, 0.3) is 0 Å². The van der Waals surface area contributed by atoms with E-state index in [0.717, 1.165) is 18.9 Å². The van der Waals surface area contributed by atoms with Crippen LogP contribution >= 0.6 is 0 Å². The fraction of sp³-hybridized carbons (Fsp3) is 0.500. The molecule has 1 heterocycles. The molecule has 0 aliphatic carbocycles. The molecule has 0 saturated carbocycles. The third-order valence-corrected chi connectivity index (χ3v) is 2.02. The van der Waals surface area contributed by atoms with Crippen molar-refractivity contribution in [2.24, 2.45) is 0 Å². The minimum absolute atomic E-state index is 0.661. The van der Waals surface area contributed by atoms with Crippen LogP contribution in [0.2, 0.25) is 0 Å². The minimum atomic E-state index is 0.661. The highest BCUT2D eigenvalue weighted by Gasteiger charge is 2.05. The Bertz CT molecular complexity index is 308. The molecule has 0 aliphatic rings. The molecule has 0 aliphatic heterocycles. The molecule has 5 nitrogen and oxygen atoms in total. The largest absolute Gasteiger partial charge is 0.365 e. The number of rotatable bonds is 6. The molecular formula is C10H17N5. The van der Waals surface area contributed by atoms with Crippen molar-refractivity contribution in [1.82, 2.24) is 15.2 Å². The predicted molar refractivity (Wildman–Crippen MR) is 62.1 cm³/mol. The summed E-state index contributed by atoms with van der Waals surface area (Å²) in [4.78, 5) is 6.39. The van der Waals surface area contributed by atoms with Gasteiger partial charge in [0.15, 0.2) is 5.82 Å². The molecule has 0 amide bonds. The lowest BCUT2D eigenvalue weighted by Crippen LogP contribution is -2.24. The zero-order valence-corrected chi connectivity index (χ0v) is 9.27. The first-order valence-electron chi connectivity index (χ1n) is 5.11. The van der Waals surface area contributed by atoms with Gasteiger partial charge in [-0.25, -0.2) is 0 Å². The Morgan fingerprint density at radius 1 is 1.47 bits per heavy atom. The second-order valence-corrected chi connectivity index (χ2v) is 2.98. The van der Waals surface area contributed by atoms with Crippen molar-refractivity contribution in [2.75, 3.05) is 29.9 Å². The van der Waals surface area contributed by atoms with Crippen LogP contribution in [-0.4, -0.2) is 34.8 Å². The number of nitrogens with zero attached hydrogens (tertiary/aromatic N) is 4. The smallest absolute Gasteiger partial charge is 0.247 e. The van der Waals surface area contributed by atoms with Gasteiger partial charge < -0.3 is 10.2 Å². The average molecular weight is 207 g/mol. The van der Waals surface area contributed by atoms with Gasteiger partial charge >= 0.3 is 0 Å². The van der Waals surface area contributed by atoms with Gasteiger partial charge in [-0.1, -0.05) is 6.08 Å². The van der Waals surface area contributed by atoms with Gasteiger partial charge in [0.1, 0.15) is 0 Å². The maximum absolute atomic E-state index is 4.35. The number of aromatic nitrogens is 3. The maximum Gasteiger partial charge on any atom is 0.247 e. The van der Waals surface area contributed by atoms with Gasteiger partial charge in [0, 0.05) is 19.6 Å². The second-order valence-electron chi connectivity index (χ2n) is 2.98. The van der Waals surface area contributed by atoms with Crippen LogP contribution in [-0.2, 0) is 0 Å². The molecule has 0 aromatic carbocycles. The van der Waals surface area contributed by atoms with Gasteiger partial charge in [0.2, 0.25) is 5.95 Å². The van der Waals surface area contributed by atoms with Gasteiger partial charge in [-0.2, -0.15) is 10.1 Å². The standard InChI is InChI=1S/C10H17N5/c1-4-7-11-9-8-12-14-10(13-9)15(5-2)6-3/h4,8H,1,5-7H2,2-3H3,(H,11,13,14). The Morgan fingerprint density at radius 3 is 2.80 bits per heavy atom. The minimum Gasteiger partial charge on any atom is -0.365 e. The molecule has 1 aromatic rings. The van der Waals surface area contributed by atoms with E-state index in [0.29, 0.717) is 12.5 Å². The predicted octanol–water partition coefficient (Wildman–Crippen LogP) is 1.32. The van der Waals surface area contributed by atoms with E-state index in [1.807, 2.05) is 4.90 Å². The first kappa shape index (κ1) is 11.4. The number of hydrogen-bond acceptors (Lipinski definition) is 5. The van der Waals surface area contributed by atoms with E-state index in [2.05, 4.69) is 40.9 Å². The number of nitrogens with one attached hydrogen (secondary N) is 1. The summed E-state index contributed by atoms with van der Waals surface area (Å²) in [6.45, 7) is 10.2. The summed E-state index contributed by atoms with van der Waals surface area (Å²) in [5, 5.41) is 11.0. The normalized spacial score (nSPS) is 9.73. The number of anilines is 2. The highest BCUT2D eigenvalue weighted by atomic mass is 15.3. The molecule has 5 heteroatoms.